The van der Waals surface area contributed by atoms with Crippen molar-refractivity contribution >= 4 is 23.3 Å². The molecule has 1 aromatic rings. The van der Waals surface area contributed by atoms with E-state index in [0.717, 1.165) is 30.4 Å². The molecule has 3 aliphatic rings. The molecular formula is C18H14ClN3O. The molecule has 0 radical (unpaired) electrons. The highest BCUT2D eigenvalue weighted by Crippen LogP contribution is 2.48. The van der Waals surface area contributed by atoms with Crippen molar-refractivity contribution in [3.8, 4) is 6.07 Å². The maximum Gasteiger partial charge on any atom is 0.346 e. The van der Waals surface area contributed by atoms with Gasteiger partial charge >= 0.3 is 6.03 Å². The van der Waals surface area contributed by atoms with Crippen molar-refractivity contribution in [3.63, 3.8) is 0 Å². The number of allylic oxidation sites excluding steroid dienone is 3. The van der Waals surface area contributed by atoms with E-state index in [4.69, 9.17) is 11.6 Å². The van der Waals surface area contributed by atoms with Gasteiger partial charge in [-0.15, -0.1) is 0 Å². The molecule has 2 amide bonds. The number of aliphatic imine (C=N–C) groups is 1. The van der Waals surface area contributed by atoms with E-state index in [1.807, 2.05) is 36.4 Å². The van der Waals surface area contributed by atoms with Crippen LogP contribution in [0.1, 0.15) is 36.3 Å². The lowest BCUT2D eigenvalue weighted by Crippen LogP contribution is -2.34. The monoisotopic (exact) mass is 323 g/mol. The number of carbonyl (C=O) groups is 1. The molecule has 2 aliphatic carbocycles. The first-order chi connectivity index (χ1) is 11.1. The molecule has 4 nitrogen and oxygen atoms in total. The number of fused-ring (bicyclic) bond motifs is 1. The van der Waals surface area contributed by atoms with Crippen LogP contribution in [0.5, 0.6) is 0 Å². The van der Waals surface area contributed by atoms with Crippen molar-refractivity contribution in [3.05, 3.63) is 58.3 Å². The van der Waals surface area contributed by atoms with E-state index in [0.29, 0.717) is 16.4 Å². The van der Waals surface area contributed by atoms with Gasteiger partial charge in [0.15, 0.2) is 0 Å². The van der Waals surface area contributed by atoms with E-state index >= 15 is 0 Å². The number of nitrogens with zero attached hydrogens (tertiary/aromatic N) is 2. The summed E-state index contributed by atoms with van der Waals surface area (Å²) in [6.07, 6.45) is 8.58. The van der Waals surface area contributed by atoms with Crippen molar-refractivity contribution in [1.29, 1.82) is 5.26 Å². The number of hydrogen-bond acceptors (Lipinski definition) is 2. The number of hydrogen-bond donors (Lipinski definition) is 1. The van der Waals surface area contributed by atoms with E-state index in [9.17, 15) is 10.1 Å². The van der Waals surface area contributed by atoms with E-state index in [1.54, 1.807) is 0 Å². The van der Waals surface area contributed by atoms with Crippen LogP contribution in [0.15, 0.2) is 47.1 Å². The van der Waals surface area contributed by atoms with Gasteiger partial charge in [-0.05, 0) is 48.6 Å². The Balaban J connectivity index is 1.82. The molecule has 1 heterocycles. The third kappa shape index (κ3) is 2.12. The topological polar surface area (TPSA) is 65.2 Å². The smallest absolute Gasteiger partial charge is 0.304 e. The van der Waals surface area contributed by atoms with Crippen LogP contribution in [0.3, 0.4) is 0 Å². The molecule has 1 saturated carbocycles. The Kier molecular flexibility index (Phi) is 3.14. The number of halogens is 1. The minimum absolute atomic E-state index is 0.0723. The Bertz CT molecular complexity index is 840. The summed E-state index contributed by atoms with van der Waals surface area (Å²) < 4.78 is 0. The van der Waals surface area contributed by atoms with Gasteiger partial charge in [0, 0.05) is 10.9 Å². The van der Waals surface area contributed by atoms with Gasteiger partial charge in [-0.3, -0.25) is 0 Å². The maximum absolute atomic E-state index is 11.4. The quantitative estimate of drug-likeness (QED) is 0.894. The van der Waals surface area contributed by atoms with E-state index < -0.39 is 5.41 Å². The highest BCUT2D eigenvalue weighted by molar-refractivity contribution is 6.31. The molecule has 23 heavy (non-hydrogen) atoms. The molecule has 1 aliphatic heterocycles. The van der Waals surface area contributed by atoms with Crippen LogP contribution in [0.4, 0.5) is 4.79 Å². The number of amides is 2. The van der Waals surface area contributed by atoms with Gasteiger partial charge in [-0.1, -0.05) is 29.8 Å². The average Bonchev–Trinajstić information content (AvgIpc) is 2.86. The van der Waals surface area contributed by atoms with Crippen molar-refractivity contribution in [2.75, 3.05) is 0 Å². The van der Waals surface area contributed by atoms with Crippen LogP contribution < -0.4 is 5.32 Å². The van der Waals surface area contributed by atoms with Gasteiger partial charge in [0.2, 0.25) is 0 Å². The van der Waals surface area contributed by atoms with Crippen LogP contribution in [0.25, 0.3) is 0 Å². The van der Waals surface area contributed by atoms with Crippen molar-refractivity contribution < 1.29 is 4.79 Å². The number of nitrogens with one attached hydrogen (secondary N) is 1. The molecule has 0 bridgehead atoms. The highest BCUT2D eigenvalue weighted by Gasteiger charge is 2.41. The zero-order valence-electron chi connectivity index (χ0n) is 12.3. The Labute approximate surface area is 139 Å². The summed E-state index contributed by atoms with van der Waals surface area (Å²) in [6, 6.07) is 7.92. The first-order valence-electron chi connectivity index (χ1n) is 7.63. The van der Waals surface area contributed by atoms with Crippen LogP contribution in [0, 0.1) is 11.3 Å². The summed E-state index contributed by atoms with van der Waals surface area (Å²) in [4.78, 5) is 15.3. The predicted octanol–water partition coefficient (Wildman–Crippen LogP) is 3.99. The van der Waals surface area contributed by atoms with Crippen LogP contribution in [0.2, 0.25) is 5.02 Å². The van der Waals surface area contributed by atoms with Crippen molar-refractivity contribution in [1.82, 2.24) is 5.32 Å². The number of urea groups is 1. The van der Waals surface area contributed by atoms with Gasteiger partial charge < -0.3 is 5.32 Å². The second kappa shape index (κ2) is 5.07. The van der Waals surface area contributed by atoms with E-state index in [2.05, 4.69) is 16.4 Å². The molecule has 0 aromatic heterocycles. The Morgan fingerprint density at radius 2 is 2.22 bits per heavy atom. The Hall–Kier alpha value is -2.38. The first-order valence-corrected chi connectivity index (χ1v) is 8.01. The fourth-order valence-electron chi connectivity index (χ4n) is 3.51. The highest BCUT2D eigenvalue weighted by atomic mass is 35.5. The fourth-order valence-corrected chi connectivity index (χ4v) is 3.81. The van der Waals surface area contributed by atoms with Crippen LogP contribution >= 0.6 is 11.6 Å². The molecule has 4 rings (SSSR count). The molecular weight excluding hydrogens is 310 g/mol. The second-order valence-electron chi connectivity index (χ2n) is 6.14. The van der Waals surface area contributed by atoms with Gasteiger partial charge in [0.25, 0.3) is 0 Å². The molecule has 114 valence electrons. The lowest BCUT2D eigenvalue weighted by atomic mass is 9.63. The van der Waals surface area contributed by atoms with Gasteiger partial charge in [-0.2, -0.15) is 10.3 Å². The molecule has 1 N–H and O–H groups in total. The minimum atomic E-state index is -0.431. The minimum Gasteiger partial charge on any atom is -0.304 e. The van der Waals surface area contributed by atoms with Crippen LogP contribution in [-0.4, -0.2) is 11.7 Å². The van der Waals surface area contributed by atoms with E-state index in [-0.39, 0.29) is 11.9 Å². The largest absolute Gasteiger partial charge is 0.346 e. The zero-order chi connectivity index (χ0) is 16.0. The summed E-state index contributed by atoms with van der Waals surface area (Å²) >= 11 is 6.49. The Morgan fingerprint density at radius 1 is 1.39 bits per heavy atom. The SMILES string of the molecule is N#CC1(c2cccc(Cl)c2C2C=CC3=NC(=O)NC3=C2)CCC1. The van der Waals surface area contributed by atoms with Gasteiger partial charge in [0.1, 0.15) is 0 Å². The first kappa shape index (κ1) is 14.2. The molecule has 1 aromatic carbocycles. The third-order valence-corrected chi connectivity index (χ3v) is 5.20. The summed E-state index contributed by atoms with van der Waals surface area (Å²) in [7, 11) is 0. The standard InChI is InChI=1S/C18H14ClN3O/c19-13-4-1-3-12(18(10-20)7-2-8-18)16(13)11-5-6-14-15(9-11)22-17(23)21-14/h1,3-6,9,11H,2,7-8H2,(H,22,23). The lowest BCUT2D eigenvalue weighted by molar-refractivity contribution is 0.253. The molecule has 0 spiro atoms. The number of benzene rings is 1. The summed E-state index contributed by atoms with van der Waals surface area (Å²) in [5.74, 6) is -0.0723. The molecule has 1 unspecified atom stereocenters. The summed E-state index contributed by atoms with van der Waals surface area (Å²) in [5, 5.41) is 13.1. The maximum atomic E-state index is 11.4. The fraction of sp³-hybridized carbons (Fsp3) is 0.278. The Morgan fingerprint density at radius 3 is 2.91 bits per heavy atom. The number of rotatable bonds is 2. The number of nitriles is 1. The van der Waals surface area contributed by atoms with Crippen molar-refractivity contribution in [2.24, 2.45) is 4.99 Å². The molecule has 1 atom stereocenters. The lowest BCUT2D eigenvalue weighted by Gasteiger charge is -2.38. The normalized spacial score (nSPS) is 24.0. The van der Waals surface area contributed by atoms with Crippen molar-refractivity contribution in [2.45, 2.75) is 30.6 Å². The average molecular weight is 324 g/mol. The van der Waals surface area contributed by atoms with Gasteiger partial charge in [-0.25, -0.2) is 4.79 Å². The number of carbonyl (C=O) groups excluding carboxylic acids is 1. The molecule has 5 heteroatoms. The molecule has 0 saturated heterocycles. The second-order valence-corrected chi connectivity index (χ2v) is 6.55. The zero-order valence-corrected chi connectivity index (χ0v) is 13.1. The van der Waals surface area contributed by atoms with Crippen LogP contribution in [-0.2, 0) is 5.41 Å². The summed E-state index contributed by atoms with van der Waals surface area (Å²) in [6.45, 7) is 0. The third-order valence-electron chi connectivity index (χ3n) is 4.87. The van der Waals surface area contributed by atoms with E-state index in [1.165, 1.54) is 0 Å². The molecule has 1 fully saturated rings. The van der Waals surface area contributed by atoms with Gasteiger partial charge in [0.05, 0.1) is 22.9 Å². The predicted molar refractivity (Wildman–Crippen MR) is 88.5 cm³/mol. The summed E-state index contributed by atoms with van der Waals surface area (Å²) in [5.41, 5.74) is 2.90.